The second kappa shape index (κ2) is 8.32. The molecule has 0 aliphatic heterocycles. The van der Waals surface area contributed by atoms with Gasteiger partial charge in [0.1, 0.15) is 5.76 Å². The first kappa shape index (κ1) is 21.0. The van der Waals surface area contributed by atoms with Crippen LogP contribution in [0.2, 0.25) is 0 Å². The number of rotatable bonds is 6. The Morgan fingerprint density at radius 2 is 1.83 bits per heavy atom. The maximum atomic E-state index is 12.7. The molecule has 0 radical (unpaired) electrons. The SMILES string of the molecule is Cc1ccc(CC(=O)O)cc1SCc1oc(-c2ccc(C(F)(F)F)cc2)nc1C. The van der Waals surface area contributed by atoms with E-state index in [4.69, 9.17) is 9.52 Å². The van der Waals surface area contributed by atoms with Gasteiger partial charge in [0.15, 0.2) is 0 Å². The smallest absolute Gasteiger partial charge is 0.416 e. The number of halogens is 3. The third-order valence-corrected chi connectivity index (χ3v) is 5.48. The summed E-state index contributed by atoms with van der Waals surface area (Å²) < 4.78 is 43.9. The topological polar surface area (TPSA) is 63.3 Å². The maximum Gasteiger partial charge on any atom is 0.416 e. The predicted molar refractivity (Wildman–Crippen MR) is 104 cm³/mol. The van der Waals surface area contributed by atoms with Gasteiger partial charge in [0.25, 0.3) is 0 Å². The Hall–Kier alpha value is -2.74. The number of hydrogen-bond donors (Lipinski definition) is 1. The Labute approximate surface area is 169 Å². The lowest BCUT2D eigenvalue weighted by molar-refractivity contribution is -0.138. The van der Waals surface area contributed by atoms with Crippen molar-refractivity contribution in [3.05, 3.63) is 70.6 Å². The van der Waals surface area contributed by atoms with Crippen molar-refractivity contribution in [1.82, 2.24) is 4.98 Å². The molecule has 3 aromatic rings. The molecule has 0 aliphatic carbocycles. The highest BCUT2D eigenvalue weighted by Gasteiger charge is 2.30. The lowest BCUT2D eigenvalue weighted by atomic mass is 10.1. The molecule has 152 valence electrons. The highest BCUT2D eigenvalue weighted by molar-refractivity contribution is 7.98. The van der Waals surface area contributed by atoms with Crippen LogP contribution in [0.3, 0.4) is 0 Å². The molecular weight excluding hydrogens is 403 g/mol. The summed E-state index contributed by atoms with van der Waals surface area (Å²) in [6.45, 7) is 3.72. The van der Waals surface area contributed by atoms with E-state index in [9.17, 15) is 18.0 Å². The molecular formula is C21H18F3NO3S. The van der Waals surface area contributed by atoms with Crippen LogP contribution in [-0.4, -0.2) is 16.1 Å². The van der Waals surface area contributed by atoms with Crippen molar-refractivity contribution in [3.63, 3.8) is 0 Å². The van der Waals surface area contributed by atoms with Gasteiger partial charge in [-0.15, -0.1) is 11.8 Å². The van der Waals surface area contributed by atoms with Gasteiger partial charge in [0.2, 0.25) is 5.89 Å². The number of carboxylic acid groups (broad SMARTS) is 1. The van der Waals surface area contributed by atoms with Crippen molar-refractivity contribution in [2.24, 2.45) is 0 Å². The number of aryl methyl sites for hydroxylation is 2. The van der Waals surface area contributed by atoms with Gasteiger partial charge in [-0.05, 0) is 55.3 Å². The number of nitrogens with zero attached hydrogens (tertiary/aromatic N) is 1. The molecule has 0 fully saturated rings. The van der Waals surface area contributed by atoms with E-state index < -0.39 is 17.7 Å². The molecule has 0 amide bonds. The number of alkyl halides is 3. The minimum Gasteiger partial charge on any atom is -0.481 e. The summed E-state index contributed by atoms with van der Waals surface area (Å²) in [4.78, 5) is 16.2. The van der Waals surface area contributed by atoms with Crippen molar-refractivity contribution in [3.8, 4) is 11.5 Å². The summed E-state index contributed by atoms with van der Waals surface area (Å²) >= 11 is 1.49. The van der Waals surface area contributed by atoms with E-state index in [2.05, 4.69) is 4.98 Å². The zero-order valence-corrected chi connectivity index (χ0v) is 16.5. The van der Waals surface area contributed by atoms with E-state index >= 15 is 0 Å². The van der Waals surface area contributed by atoms with Crippen LogP contribution in [0.15, 0.2) is 51.8 Å². The van der Waals surface area contributed by atoms with Crippen LogP contribution in [0, 0.1) is 13.8 Å². The summed E-state index contributed by atoms with van der Waals surface area (Å²) in [5.41, 5.74) is 2.13. The lowest BCUT2D eigenvalue weighted by Gasteiger charge is -2.07. The van der Waals surface area contributed by atoms with E-state index in [1.54, 1.807) is 13.0 Å². The van der Waals surface area contributed by atoms with Crippen molar-refractivity contribution in [2.45, 2.75) is 37.1 Å². The van der Waals surface area contributed by atoms with Gasteiger partial charge in [-0.2, -0.15) is 13.2 Å². The van der Waals surface area contributed by atoms with E-state index in [0.717, 1.165) is 22.6 Å². The Morgan fingerprint density at radius 1 is 1.14 bits per heavy atom. The molecule has 0 atom stereocenters. The fourth-order valence-corrected chi connectivity index (χ4v) is 3.80. The number of aromatic nitrogens is 1. The van der Waals surface area contributed by atoms with E-state index in [1.165, 1.54) is 23.9 Å². The zero-order valence-electron chi connectivity index (χ0n) is 15.7. The standard InChI is InChI=1S/C21H18F3NO3S/c1-12-3-4-14(10-19(26)27)9-18(12)29-11-17-13(2)25-20(28-17)15-5-7-16(8-6-15)21(22,23)24/h3-9H,10-11H2,1-2H3,(H,26,27). The third kappa shape index (κ3) is 5.20. The summed E-state index contributed by atoms with van der Waals surface area (Å²) in [5.74, 6) is 0.463. The number of carbonyl (C=O) groups is 1. The molecule has 1 N–H and O–H groups in total. The number of carboxylic acids is 1. The van der Waals surface area contributed by atoms with E-state index in [-0.39, 0.29) is 12.3 Å². The van der Waals surface area contributed by atoms with Crippen LogP contribution in [-0.2, 0) is 23.1 Å². The summed E-state index contributed by atoms with van der Waals surface area (Å²) in [7, 11) is 0. The van der Waals surface area contributed by atoms with Crippen LogP contribution in [0.25, 0.3) is 11.5 Å². The molecule has 0 spiro atoms. The molecule has 0 unspecified atom stereocenters. The first-order valence-corrected chi connectivity index (χ1v) is 9.70. The molecule has 0 aliphatic rings. The Bertz CT molecular complexity index is 1030. The van der Waals surface area contributed by atoms with Gasteiger partial charge in [0.05, 0.1) is 23.4 Å². The molecule has 29 heavy (non-hydrogen) atoms. The number of thioether (sulfide) groups is 1. The second-order valence-corrected chi connectivity index (χ2v) is 7.58. The van der Waals surface area contributed by atoms with Gasteiger partial charge in [-0.25, -0.2) is 4.98 Å². The summed E-state index contributed by atoms with van der Waals surface area (Å²) in [6.07, 6.45) is -4.44. The average Bonchev–Trinajstić information content (AvgIpc) is 3.02. The molecule has 0 saturated carbocycles. The predicted octanol–water partition coefficient (Wildman–Crippen LogP) is 5.90. The van der Waals surface area contributed by atoms with Crippen molar-refractivity contribution in [1.29, 1.82) is 0 Å². The summed E-state index contributed by atoms with van der Waals surface area (Å²) in [5, 5.41) is 8.95. The van der Waals surface area contributed by atoms with Gasteiger partial charge in [0, 0.05) is 10.5 Å². The van der Waals surface area contributed by atoms with Crippen molar-refractivity contribution in [2.75, 3.05) is 0 Å². The van der Waals surface area contributed by atoms with Gasteiger partial charge >= 0.3 is 12.1 Å². The number of benzene rings is 2. The molecule has 2 aromatic carbocycles. The van der Waals surface area contributed by atoms with E-state index in [1.807, 2.05) is 19.1 Å². The summed E-state index contributed by atoms with van der Waals surface area (Å²) in [6, 6.07) is 10.2. The van der Waals surface area contributed by atoms with Gasteiger partial charge < -0.3 is 9.52 Å². The van der Waals surface area contributed by atoms with Gasteiger partial charge in [-0.1, -0.05) is 12.1 Å². The first-order valence-electron chi connectivity index (χ1n) is 8.71. The molecule has 3 rings (SSSR count). The molecule has 4 nitrogen and oxygen atoms in total. The van der Waals surface area contributed by atoms with E-state index in [0.29, 0.717) is 28.3 Å². The number of hydrogen-bond acceptors (Lipinski definition) is 4. The monoisotopic (exact) mass is 421 g/mol. The minimum absolute atomic E-state index is 0.0484. The van der Waals surface area contributed by atoms with Crippen molar-refractivity contribution >= 4 is 17.7 Å². The molecule has 1 heterocycles. The van der Waals surface area contributed by atoms with Crippen LogP contribution < -0.4 is 0 Å². The fraction of sp³-hybridized carbons (Fsp3) is 0.238. The highest BCUT2D eigenvalue weighted by atomic mass is 32.2. The number of aliphatic carboxylic acids is 1. The largest absolute Gasteiger partial charge is 0.481 e. The Morgan fingerprint density at radius 3 is 2.45 bits per heavy atom. The molecule has 0 bridgehead atoms. The molecule has 0 saturated heterocycles. The lowest BCUT2D eigenvalue weighted by Crippen LogP contribution is -2.03. The Kier molecular flexibility index (Phi) is 6.02. The quantitative estimate of drug-likeness (QED) is 0.502. The Balaban J connectivity index is 1.75. The van der Waals surface area contributed by atoms with Crippen molar-refractivity contribution < 1.29 is 27.5 Å². The maximum absolute atomic E-state index is 12.7. The zero-order chi connectivity index (χ0) is 21.2. The minimum atomic E-state index is -4.39. The van der Waals surface area contributed by atoms with Crippen LogP contribution >= 0.6 is 11.8 Å². The highest BCUT2D eigenvalue weighted by Crippen LogP contribution is 2.33. The molecule has 8 heteroatoms. The van der Waals surface area contributed by atoms with Crippen LogP contribution in [0.1, 0.15) is 28.1 Å². The second-order valence-electron chi connectivity index (χ2n) is 6.56. The first-order chi connectivity index (χ1) is 13.6. The van der Waals surface area contributed by atoms with Crippen LogP contribution in [0.5, 0.6) is 0 Å². The average molecular weight is 421 g/mol. The fourth-order valence-electron chi connectivity index (χ4n) is 2.72. The van der Waals surface area contributed by atoms with Crippen LogP contribution in [0.4, 0.5) is 13.2 Å². The molecule has 1 aromatic heterocycles. The normalized spacial score (nSPS) is 11.6. The third-order valence-electron chi connectivity index (χ3n) is 4.32. The number of oxazole rings is 1. The van der Waals surface area contributed by atoms with Gasteiger partial charge in [-0.3, -0.25) is 4.79 Å².